The highest BCUT2D eigenvalue weighted by molar-refractivity contribution is 6.30. The zero-order chi connectivity index (χ0) is 14.9. The molecular formula is C20H22ClN. The molecule has 0 radical (unpaired) electrons. The van der Waals surface area contributed by atoms with Gasteiger partial charge in [0.05, 0.1) is 0 Å². The van der Waals surface area contributed by atoms with Crippen LogP contribution in [0.4, 0.5) is 0 Å². The maximum absolute atomic E-state index is 6.11. The predicted octanol–water partition coefficient (Wildman–Crippen LogP) is 4.50. The van der Waals surface area contributed by atoms with Gasteiger partial charge in [-0.25, -0.2) is 0 Å². The van der Waals surface area contributed by atoms with Crippen molar-refractivity contribution in [3.63, 3.8) is 0 Å². The minimum atomic E-state index is 0.797. The summed E-state index contributed by atoms with van der Waals surface area (Å²) in [4.78, 5) is 2.62. The van der Waals surface area contributed by atoms with Crippen LogP contribution < -0.4 is 0 Å². The molecule has 0 N–H and O–H groups in total. The van der Waals surface area contributed by atoms with Crippen LogP contribution in [0.25, 0.3) is 0 Å². The summed E-state index contributed by atoms with van der Waals surface area (Å²) in [7, 11) is 0. The summed E-state index contributed by atoms with van der Waals surface area (Å²) in [5.74, 6) is 0.797. The lowest BCUT2D eigenvalue weighted by Gasteiger charge is -2.29. The van der Waals surface area contributed by atoms with Crippen molar-refractivity contribution in [3.05, 3.63) is 69.7 Å². The Labute approximate surface area is 137 Å². The average molecular weight is 312 g/mol. The van der Waals surface area contributed by atoms with Gasteiger partial charge in [-0.3, -0.25) is 4.90 Å². The van der Waals surface area contributed by atoms with Gasteiger partial charge >= 0.3 is 0 Å². The molecule has 114 valence electrons. The fraction of sp³-hybridized carbons (Fsp3) is 0.400. The van der Waals surface area contributed by atoms with Crippen LogP contribution in [-0.4, -0.2) is 18.0 Å². The Hall–Kier alpha value is -1.31. The third-order valence-corrected chi connectivity index (χ3v) is 5.48. The molecule has 2 aliphatic rings. The first kappa shape index (κ1) is 14.3. The molecule has 0 spiro atoms. The smallest absolute Gasteiger partial charge is 0.0408 e. The van der Waals surface area contributed by atoms with Crippen molar-refractivity contribution in [1.82, 2.24) is 4.90 Å². The van der Waals surface area contributed by atoms with Gasteiger partial charge in [-0.2, -0.15) is 0 Å². The van der Waals surface area contributed by atoms with Gasteiger partial charge in [0.1, 0.15) is 0 Å². The van der Waals surface area contributed by atoms with E-state index in [2.05, 4.69) is 41.3 Å². The standard InChI is InChI=1S/C20H22ClN/c21-20-6-5-17-11-15(12-19(17)13-20)7-9-22-10-8-16-3-1-2-4-18(16)14-22/h1-6,13,15H,7-12,14H2. The number of hydrogen-bond acceptors (Lipinski definition) is 1. The first-order valence-corrected chi connectivity index (χ1v) is 8.72. The van der Waals surface area contributed by atoms with Crippen molar-refractivity contribution in [2.45, 2.75) is 32.2 Å². The first-order valence-electron chi connectivity index (χ1n) is 8.34. The lowest BCUT2D eigenvalue weighted by Crippen LogP contribution is -2.32. The highest BCUT2D eigenvalue weighted by atomic mass is 35.5. The lowest BCUT2D eigenvalue weighted by atomic mass is 9.98. The number of rotatable bonds is 3. The quantitative estimate of drug-likeness (QED) is 0.806. The number of benzene rings is 2. The number of fused-ring (bicyclic) bond motifs is 2. The Morgan fingerprint density at radius 1 is 0.955 bits per heavy atom. The fourth-order valence-electron chi connectivity index (χ4n) is 3.99. The van der Waals surface area contributed by atoms with E-state index in [-0.39, 0.29) is 0 Å². The molecule has 0 saturated heterocycles. The second-order valence-electron chi connectivity index (χ2n) is 6.77. The molecule has 4 rings (SSSR count). The van der Waals surface area contributed by atoms with E-state index in [1.54, 1.807) is 5.56 Å². The zero-order valence-electron chi connectivity index (χ0n) is 12.9. The molecule has 1 nitrogen and oxygen atoms in total. The summed E-state index contributed by atoms with van der Waals surface area (Å²) in [6.45, 7) is 3.56. The Balaban J connectivity index is 1.33. The van der Waals surface area contributed by atoms with E-state index in [9.17, 15) is 0 Å². The minimum Gasteiger partial charge on any atom is -0.299 e. The van der Waals surface area contributed by atoms with Gasteiger partial charge in [0, 0.05) is 18.1 Å². The second kappa shape index (κ2) is 6.06. The van der Waals surface area contributed by atoms with Crippen LogP contribution in [0.15, 0.2) is 42.5 Å². The molecule has 1 unspecified atom stereocenters. The Kier molecular flexibility index (Phi) is 3.94. The second-order valence-corrected chi connectivity index (χ2v) is 7.21. The van der Waals surface area contributed by atoms with Gasteiger partial charge in [0.25, 0.3) is 0 Å². The van der Waals surface area contributed by atoms with Gasteiger partial charge in [-0.1, -0.05) is 41.9 Å². The van der Waals surface area contributed by atoms with E-state index >= 15 is 0 Å². The molecule has 0 saturated carbocycles. The molecule has 0 bridgehead atoms. The number of hydrogen-bond donors (Lipinski definition) is 0. The molecule has 1 atom stereocenters. The molecule has 1 aliphatic carbocycles. The van der Waals surface area contributed by atoms with Crippen molar-refractivity contribution in [2.24, 2.45) is 5.92 Å². The maximum atomic E-state index is 6.11. The lowest BCUT2D eigenvalue weighted by molar-refractivity contribution is 0.235. The van der Waals surface area contributed by atoms with Gasteiger partial charge in [0.15, 0.2) is 0 Å². The number of halogens is 1. The SMILES string of the molecule is Clc1ccc2c(c1)CC(CCN1CCc3ccccc3C1)C2. The van der Waals surface area contributed by atoms with E-state index < -0.39 is 0 Å². The summed E-state index contributed by atoms with van der Waals surface area (Å²) in [6, 6.07) is 15.3. The van der Waals surface area contributed by atoms with E-state index in [0.29, 0.717) is 0 Å². The van der Waals surface area contributed by atoms with Crippen molar-refractivity contribution in [1.29, 1.82) is 0 Å². The normalized spacial score (nSPS) is 20.7. The predicted molar refractivity (Wildman–Crippen MR) is 92.4 cm³/mol. The first-order chi connectivity index (χ1) is 10.8. The Bertz CT molecular complexity index is 679. The van der Waals surface area contributed by atoms with Crippen LogP contribution in [0.5, 0.6) is 0 Å². The molecule has 1 heterocycles. The Morgan fingerprint density at radius 2 is 1.77 bits per heavy atom. The van der Waals surface area contributed by atoms with Gasteiger partial charge in [-0.05, 0) is 72.5 Å². The van der Waals surface area contributed by atoms with E-state index in [1.807, 2.05) is 6.07 Å². The van der Waals surface area contributed by atoms with Crippen LogP contribution in [-0.2, 0) is 25.8 Å². The van der Waals surface area contributed by atoms with Gasteiger partial charge in [0.2, 0.25) is 0 Å². The summed E-state index contributed by atoms with van der Waals surface area (Å²) < 4.78 is 0. The highest BCUT2D eigenvalue weighted by Gasteiger charge is 2.23. The molecule has 22 heavy (non-hydrogen) atoms. The highest BCUT2D eigenvalue weighted by Crippen LogP contribution is 2.31. The molecular weight excluding hydrogens is 290 g/mol. The summed E-state index contributed by atoms with van der Waals surface area (Å²) in [6.07, 6.45) is 4.95. The molecule has 2 aromatic rings. The minimum absolute atomic E-state index is 0.797. The maximum Gasteiger partial charge on any atom is 0.0408 e. The van der Waals surface area contributed by atoms with E-state index in [0.717, 1.165) is 17.5 Å². The van der Waals surface area contributed by atoms with Crippen molar-refractivity contribution in [3.8, 4) is 0 Å². The molecule has 1 aliphatic heterocycles. The third-order valence-electron chi connectivity index (χ3n) is 5.25. The van der Waals surface area contributed by atoms with Gasteiger partial charge in [-0.15, -0.1) is 0 Å². The summed E-state index contributed by atoms with van der Waals surface area (Å²) in [5.41, 5.74) is 6.05. The zero-order valence-corrected chi connectivity index (χ0v) is 13.6. The monoisotopic (exact) mass is 311 g/mol. The van der Waals surface area contributed by atoms with E-state index in [4.69, 9.17) is 11.6 Å². The average Bonchev–Trinajstić information content (AvgIpc) is 2.94. The molecule has 0 fully saturated rings. The van der Waals surface area contributed by atoms with Crippen molar-refractivity contribution < 1.29 is 0 Å². The fourth-order valence-corrected chi connectivity index (χ4v) is 4.19. The molecule has 0 amide bonds. The van der Waals surface area contributed by atoms with Crippen LogP contribution in [0.2, 0.25) is 5.02 Å². The van der Waals surface area contributed by atoms with Gasteiger partial charge < -0.3 is 0 Å². The molecule has 0 aromatic heterocycles. The van der Waals surface area contributed by atoms with Crippen LogP contribution >= 0.6 is 11.6 Å². The number of nitrogens with zero attached hydrogens (tertiary/aromatic N) is 1. The van der Waals surface area contributed by atoms with Crippen LogP contribution in [0.1, 0.15) is 28.7 Å². The van der Waals surface area contributed by atoms with E-state index in [1.165, 1.54) is 55.5 Å². The summed E-state index contributed by atoms with van der Waals surface area (Å²) >= 11 is 6.11. The third kappa shape index (κ3) is 2.93. The molecule has 2 aromatic carbocycles. The van der Waals surface area contributed by atoms with Crippen molar-refractivity contribution >= 4 is 11.6 Å². The summed E-state index contributed by atoms with van der Waals surface area (Å²) in [5, 5.41) is 0.882. The van der Waals surface area contributed by atoms with Crippen LogP contribution in [0.3, 0.4) is 0 Å². The topological polar surface area (TPSA) is 3.24 Å². The Morgan fingerprint density at radius 3 is 2.68 bits per heavy atom. The van der Waals surface area contributed by atoms with Crippen molar-refractivity contribution in [2.75, 3.05) is 13.1 Å². The molecule has 2 heteroatoms. The largest absolute Gasteiger partial charge is 0.299 e. The van der Waals surface area contributed by atoms with Crippen LogP contribution in [0, 0.1) is 5.92 Å².